The average Bonchev–Trinajstić information content (AvgIpc) is 2.33. The van der Waals surface area contributed by atoms with Crippen molar-refractivity contribution >= 4 is 29.2 Å². The van der Waals surface area contributed by atoms with Crippen LogP contribution in [0.4, 0.5) is 5.69 Å². The summed E-state index contributed by atoms with van der Waals surface area (Å²) in [6.07, 6.45) is 0.676. The van der Waals surface area contributed by atoms with Crippen LogP contribution in [-0.4, -0.2) is 29.1 Å². The highest BCUT2D eigenvalue weighted by molar-refractivity contribution is 6.30. The van der Waals surface area contributed by atoms with Crippen LogP contribution in [0.2, 0.25) is 5.02 Å². The van der Waals surface area contributed by atoms with E-state index >= 15 is 0 Å². The Morgan fingerprint density at radius 2 is 1.85 bits per heavy atom. The molecule has 0 aromatic heterocycles. The molecule has 0 aliphatic carbocycles. The van der Waals surface area contributed by atoms with Crippen LogP contribution in [0.3, 0.4) is 0 Å². The Hall–Kier alpha value is -1.59. The van der Waals surface area contributed by atoms with E-state index in [4.69, 9.17) is 22.4 Å². The molecule has 3 N–H and O–H groups in total. The molecule has 0 atom stereocenters. The molecule has 5 nitrogen and oxygen atoms in total. The number of benzene rings is 1. The van der Waals surface area contributed by atoms with E-state index in [9.17, 15) is 9.59 Å². The number of rotatable bonds is 6. The Balaban J connectivity index is 2.86. The van der Waals surface area contributed by atoms with E-state index in [1.54, 1.807) is 24.3 Å². The minimum Gasteiger partial charge on any atom is -0.480 e. The second-order valence-electron chi connectivity index (χ2n) is 5.34. The van der Waals surface area contributed by atoms with E-state index in [0.29, 0.717) is 17.1 Å². The van der Waals surface area contributed by atoms with Gasteiger partial charge in [-0.2, -0.15) is 0 Å². The van der Waals surface area contributed by atoms with Crippen LogP contribution in [-0.2, 0) is 9.59 Å². The third-order valence-corrected chi connectivity index (χ3v) is 2.97. The van der Waals surface area contributed by atoms with E-state index in [1.807, 2.05) is 13.8 Å². The van der Waals surface area contributed by atoms with Gasteiger partial charge in [-0.3, -0.25) is 9.59 Å². The summed E-state index contributed by atoms with van der Waals surface area (Å²) in [6, 6.07) is 6.48. The molecule has 0 radical (unpaired) electrons. The van der Waals surface area contributed by atoms with Gasteiger partial charge in [0.25, 0.3) is 0 Å². The fraction of sp³-hybridized carbons (Fsp3) is 0.429. The van der Waals surface area contributed by atoms with Crippen LogP contribution in [0.15, 0.2) is 24.3 Å². The lowest BCUT2D eigenvalue weighted by Crippen LogP contribution is -2.38. The van der Waals surface area contributed by atoms with Gasteiger partial charge in [0.15, 0.2) is 0 Å². The van der Waals surface area contributed by atoms with Gasteiger partial charge in [0.1, 0.15) is 6.54 Å². The number of carbonyl (C=O) groups is 2. The lowest BCUT2D eigenvalue weighted by atomic mass is 9.99. The highest BCUT2D eigenvalue weighted by Crippen LogP contribution is 2.20. The Morgan fingerprint density at radius 3 is 2.30 bits per heavy atom. The molecule has 0 fully saturated rings. The van der Waals surface area contributed by atoms with Gasteiger partial charge in [-0.05, 0) is 44.5 Å². The third-order valence-electron chi connectivity index (χ3n) is 2.72. The van der Waals surface area contributed by atoms with Gasteiger partial charge >= 0.3 is 5.97 Å². The van der Waals surface area contributed by atoms with Crippen LogP contribution in [0, 0.1) is 0 Å². The zero-order valence-electron chi connectivity index (χ0n) is 11.6. The first-order valence-electron chi connectivity index (χ1n) is 6.25. The maximum atomic E-state index is 12.2. The van der Waals surface area contributed by atoms with Crippen LogP contribution in [0.1, 0.15) is 26.7 Å². The summed E-state index contributed by atoms with van der Waals surface area (Å²) in [7, 11) is 0. The first kappa shape index (κ1) is 16.5. The van der Waals surface area contributed by atoms with Crippen molar-refractivity contribution in [3.8, 4) is 0 Å². The number of anilines is 1. The van der Waals surface area contributed by atoms with E-state index in [1.165, 1.54) is 4.90 Å². The van der Waals surface area contributed by atoms with Crippen LogP contribution in [0.25, 0.3) is 0 Å². The summed E-state index contributed by atoms with van der Waals surface area (Å²) in [5.41, 5.74) is 5.88. The largest absolute Gasteiger partial charge is 0.480 e. The molecular formula is C14H19ClN2O3. The predicted octanol–water partition coefficient (Wildman–Crippen LogP) is 2.28. The van der Waals surface area contributed by atoms with E-state index < -0.39 is 11.5 Å². The van der Waals surface area contributed by atoms with E-state index in [-0.39, 0.29) is 18.9 Å². The van der Waals surface area contributed by atoms with Gasteiger partial charge in [-0.25, -0.2) is 0 Å². The van der Waals surface area contributed by atoms with Gasteiger partial charge in [0.2, 0.25) is 5.91 Å². The third kappa shape index (κ3) is 5.59. The normalized spacial score (nSPS) is 11.2. The molecule has 1 rings (SSSR count). The molecule has 1 aromatic carbocycles. The van der Waals surface area contributed by atoms with Crippen molar-refractivity contribution in [2.75, 3.05) is 11.4 Å². The summed E-state index contributed by atoms with van der Waals surface area (Å²) in [5.74, 6) is -1.34. The summed E-state index contributed by atoms with van der Waals surface area (Å²) in [6.45, 7) is 3.26. The molecule has 0 bridgehead atoms. The predicted molar refractivity (Wildman–Crippen MR) is 78.9 cm³/mol. The van der Waals surface area contributed by atoms with Crippen LogP contribution in [0.5, 0.6) is 0 Å². The summed E-state index contributed by atoms with van der Waals surface area (Å²) in [4.78, 5) is 24.3. The van der Waals surface area contributed by atoms with Crippen LogP contribution >= 0.6 is 11.6 Å². The number of carbonyl (C=O) groups excluding carboxylic acids is 1. The molecule has 0 unspecified atom stereocenters. The van der Waals surface area contributed by atoms with Crippen molar-refractivity contribution in [3.05, 3.63) is 29.3 Å². The SMILES string of the molecule is CC(C)(N)CCC(=O)N(CC(=O)O)c1ccc(Cl)cc1. The maximum absolute atomic E-state index is 12.2. The Labute approximate surface area is 123 Å². The van der Waals surface area contributed by atoms with Crippen LogP contribution < -0.4 is 10.6 Å². The number of halogens is 1. The molecule has 110 valence electrons. The van der Waals surface area contributed by atoms with E-state index in [0.717, 1.165) is 0 Å². The molecular weight excluding hydrogens is 280 g/mol. The number of nitrogens with two attached hydrogens (primary N) is 1. The molecule has 0 saturated carbocycles. The Kier molecular flexibility index (Phi) is 5.53. The van der Waals surface area contributed by atoms with Gasteiger partial charge < -0.3 is 15.7 Å². The van der Waals surface area contributed by atoms with Crippen molar-refractivity contribution in [1.82, 2.24) is 0 Å². The highest BCUT2D eigenvalue weighted by atomic mass is 35.5. The number of nitrogens with zero attached hydrogens (tertiary/aromatic N) is 1. The lowest BCUT2D eigenvalue weighted by Gasteiger charge is -2.23. The fourth-order valence-corrected chi connectivity index (χ4v) is 1.77. The number of hydrogen-bond donors (Lipinski definition) is 2. The maximum Gasteiger partial charge on any atom is 0.323 e. The van der Waals surface area contributed by atoms with Crippen molar-refractivity contribution in [2.45, 2.75) is 32.2 Å². The first-order chi connectivity index (χ1) is 9.19. The molecule has 1 amide bonds. The summed E-state index contributed by atoms with van der Waals surface area (Å²) < 4.78 is 0. The molecule has 0 spiro atoms. The molecule has 6 heteroatoms. The summed E-state index contributed by atoms with van der Waals surface area (Å²) in [5, 5.41) is 9.46. The fourth-order valence-electron chi connectivity index (χ4n) is 1.64. The monoisotopic (exact) mass is 298 g/mol. The molecule has 0 aliphatic rings. The number of carboxylic acids is 1. The molecule has 0 aliphatic heterocycles. The molecule has 0 saturated heterocycles. The van der Waals surface area contributed by atoms with Crippen molar-refractivity contribution in [3.63, 3.8) is 0 Å². The molecule has 20 heavy (non-hydrogen) atoms. The van der Waals surface area contributed by atoms with Gasteiger partial charge in [-0.1, -0.05) is 11.6 Å². The standard InChI is InChI=1S/C14H19ClN2O3/c1-14(2,16)8-7-12(18)17(9-13(19)20)11-5-3-10(15)4-6-11/h3-6H,7-9,16H2,1-2H3,(H,19,20). The minimum absolute atomic E-state index is 0.194. The number of aliphatic carboxylic acids is 1. The Morgan fingerprint density at radius 1 is 1.30 bits per heavy atom. The topological polar surface area (TPSA) is 83.6 Å². The number of amides is 1. The molecule has 1 aromatic rings. The number of hydrogen-bond acceptors (Lipinski definition) is 3. The first-order valence-corrected chi connectivity index (χ1v) is 6.63. The minimum atomic E-state index is -1.07. The number of carboxylic acid groups (broad SMARTS) is 1. The second-order valence-corrected chi connectivity index (χ2v) is 5.78. The van der Waals surface area contributed by atoms with Gasteiger partial charge in [-0.15, -0.1) is 0 Å². The van der Waals surface area contributed by atoms with Gasteiger partial charge in [0.05, 0.1) is 0 Å². The van der Waals surface area contributed by atoms with Crippen molar-refractivity contribution in [1.29, 1.82) is 0 Å². The van der Waals surface area contributed by atoms with Crippen molar-refractivity contribution in [2.24, 2.45) is 5.73 Å². The highest BCUT2D eigenvalue weighted by Gasteiger charge is 2.21. The second kappa shape index (κ2) is 6.72. The Bertz CT molecular complexity index is 480. The zero-order valence-corrected chi connectivity index (χ0v) is 12.4. The average molecular weight is 299 g/mol. The van der Waals surface area contributed by atoms with E-state index in [2.05, 4.69) is 0 Å². The van der Waals surface area contributed by atoms with Crippen molar-refractivity contribution < 1.29 is 14.7 Å². The smallest absolute Gasteiger partial charge is 0.323 e. The quantitative estimate of drug-likeness (QED) is 0.844. The summed E-state index contributed by atoms with van der Waals surface area (Å²) >= 11 is 5.79. The zero-order chi connectivity index (χ0) is 15.3. The molecule has 0 heterocycles. The van der Waals surface area contributed by atoms with Gasteiger partial charge in [0, 0.05) is 22.7 Å². The lowest BCUT2D eigenvalue weighted by molar-refractivity contribution is -0.136.